The van der Waals surface area contributed by atoms with Crippen molar-refractivity contribution in [1.29, 1.82) is 0 Å². The maximum Gasteiger partial charge on any atom is 0.146 e. The van der Waals surface area contributed by atoms with Crippen LogP contribution in [0.2, 0.25) is 0 Å². The first-order valence-corrected chi connectivity index (χ1v) is 6.93. The van der Waals surface area contributed by atoms with Crippen molar-refractivity contribution in [2.24, 2.45) is 0 Å². The standard InChI is InChI=1S/C16H15N2OP/c1-10-4-3-5-11(8-10)12-6-7-13(19-2)16-15(12)17-9-14(20)18-16/h3-9H,20H2,1-2H3. The Hall–Kier alpha value is -1.99. The van der Waals surface area contributed by atoms with Gasteiger partial charge in [0.2, 0.25) is 0 Å². The molecular formula is C16H15N2OP. The molecule has 1 heterocycles. The highest BCUT2D eigenvalue weighted by molar-refractivity contribution is 7.26. The number of ether oxygens (including phenoxy) is 1. The van der Waals surface area contributed by atoms with E-state index in [2.05, 4.69) is 50.4 Å². The second kappa shape index (κ2) is 5.18. The molecule has 20 heavy (non-hydrogen) atoms. The predicted molar refractivity (Wildman–Crippen MR) is 85.6 cm³/mol. The molecule has 4 heteroatoms. The lowest BCUT2D eigenvalue weighted by Gasteiger charge is -2.10. The van der Waals surface area contributed by atoms with E-state index < -0.39 is 0 Å². The molecule has 0 aliphatic carbocycles. The van der Waals surface area contributed by atoms with Crippen LogP contribution < -0.4 is 10.2 Å². The van der Waals surface area contributed by atoms with Crippen LogP contribution in [-0.2, 0) is 0 Å². The molecule has 3 aromatic rings. The molecule has 1 atom stereocenters. The fraction of sp³-hybridized carbons (Fsp3) is 0.125. The van der Waals surface area contributed by atoms with Crippen LogP contribution in [0.3, 0.4) is 0 Å². The van der Waals surface area contributed by atoms with E-state index in [1.807, 2.05) is 12.1 Å². The summed E-state index contributed by atoms with van der Waals surface area (Å²) >= 11 is 0. The molecule has 0 saturated heterocycles. The number of aryl methyl sites for hydroxylation is 1. The third kappa shape index (κ3) is 2.25. The number of fused-ring (bicyclic) bond motifs is 1. The zero-order valence-electron chi connectivity index (χ0n) is 11.4. The first kappa shape index (κ1) is 13.0. The highest BCUT2D eigenvalue weighted by atomic mass is 31.0. The van der Waals surface area contributed by atoms with E-state index in [0.717, 1.165) is 33.3 Å². The maximum atomic E-state index is 5.39. The summed E-state index contributed by atoms with van der Waals surface area (Å²) < 4.78 is 5.39. The number of hydrogen-bond donors (Lipinski definition) is 0. The van der Waals surface area contributed by atoms with Crippen LogP contribution in [-0.4, -0.2) is 17.1 Å². The van der Waals surface area contributed by atoms with Gasteiger partial charge in [-0.15, -0.1) is 0 Å². The van der Waals surface area contributed by atoms with Crippen molar-refractivity contribution in [2.75, 3.05) is 7.11 Å². The van der Waals surface area contributed by atoms with Crippen LogP contribution in [0.1, 0.15) is 5.56 Å². The van der Waals surface area contributed by atoms with Crippen LogP contribution >= 0.6 is 9.24 Å². The van der Waals surface area contributed by atoms with Crippen LogP contribution in [0.5, 0.6) is 5.75 Å². The molecule has 0 spiro atoms. The van der Waals surface area contributed by atoms with Gasteiger partial charge in [0.05, 0.1) is 18.7 Å². The zero-order valence-corrected chi connectivity index (χ0v) is 12.6. The molecule has 3 nitrogen and oxygen atoms in total. The van der Waals surface area contributed by atoms with Crippen molar-refractivity contribution in [2.45, 2.75) is 6.92 Å². The fourth-order valence-corrected chi connectivity index (χ4v) is 2.50. The molecule has 0 amide bonds. The third-order valence-corrected chi connectivity index (χ3v) is 3.51. The molecule has 3 rings (SSSR count). The van der Waals surface area contributed by atoms with Crippen molar-refractivity contribution in [3.05, 3.63) is 48.2 Å². The monoisotopic (exact) mass is 282 g/mol. The van der Waals surface area contributed by atoms with Gasteiger partial charge in [-0.3, -0.25) is 4.98 Å². The lowest BCUT2D eigenvalue weighted by molar-refractivity contribution is 0.419. The van der Waals surface area contributed by atoms with Crippen molar-refractivity contribution in [3.63, 3.8) is 0 Å². The van der Waals surface area contributed by atoms with Gasteiger partial charge in [0.15, 0.2) is 0 Å². The van der Waals surface area contributed by atoms with Gasteiger partial charge in [0.25, 0.3) is 0 Å². The summed E-state index contributed by atoms with van der Waals surface area (Å²) in [6.45, 7) is 2.09. The Morgan fingerprint density at radius 2 is 1.95 bits per heavy atom. The van der Waals surface area contributed by atoms with E-state index in [1.165, 1.54) is 5.56 Å². The van der Waals surface area contributed by atoms with Crippen LogP contribution in [0, 0.1) is 6.92 Å². The molecule has 0 radical (unpaired) electrons. The van der Waals surface area contributed by atoms with Gasteiger partial charge in [0.1, 0.15) is 16.8 Å². The first-order chi connectivity index (χ1) is 9.69. The Labute approximate surface area is 120 Å². The van der Waals surface area contributed by atoms with Gasteiger partial charge in [-0.05, 0) is 24.6 Å². The van der Waals surface area contributed by atoms with Gasteiger partial charge in [-0.25, -0.2) is 4.98 Å². The fourth-order valence-electron chi connectivity index (χ4n) is 2.30. The summed E-state index contributed by atoms with van der Waals surface area (Å²) in [6.07, 6.45) is 1.76. The average Bonchev–Trinajstić information content (AvgIpc) is 2.46. The molecular weight excluding hydrogens is 267 g/mol. The Balaban J connectivity index is 2.32. The number of aromatic nitrogens is 2. The third-order valence-electron chi connectivity index (χ3n) is 3.23. The smallest absolute Gasteiger partial charge is 0.146 e. The van der Waals surface area contributed by atoms with Crippen LogP contribution in [0.25, 0.3) is 22.2 Å². The largest absolute Gasteiger partial charge is 0.494 e. The minimum Gasteiger partial charge on any atom is -0.494 e. The van der Waals surface area contributed by atoms with E-state index in [4.69, 9.17) is 4.74 Å². The lowest BCUT2D eigenvalue weighted by atomic mass is 10.0. The minimum atomic E-state index is 0.744. The average molecular weight is 282 g/mol. The van der Waals surface area contributed by atoms with E-state index in [1.54, 1.807) is 13.3 Å². The second-order valence-electron chi connectivity index (χ2n) is 4.68. The van der Waals surface area contributed by atoms with Crippen molar-refractivity contribution >= 4 is 25.7 Å². The van der Waals surface area contributed by atoms with Gasteiger partial charge in [0, 0.05) is 5.56 Å². The maximum absolute atomic E-state index is 5.39. The molecule has 1 aromatic heterocycles. The molecule has 0 N–H and O–H groups in total. The highest BCUT2D eigenvalue weighted by Gasteiger charge is 2.11. The quantitative estimate of drug-likeness (QED) is 0.677. The number of benzene rings is 2. The first-order valence-electron chi connectivity index (χ1n) is 6.35. The molecule has 2 aromatic carbocycles. The Bertz CT molecular complexity index is 787. The Morgan fingerprint density at radius 3 is 2.70 bits per heavy atom. The normalized spacial score (nSPS) is 10.8. The SMILES string of the molecule is COc1ccc(-c2cccc(C)c2)c2ncc(P)nc12. The number of rotatable bonds is 2. The minimum absolute atomic E-state index is 0.744. The highest BCUT2D eigenvalue weighted by Crippen LogP contribution is 2.31. The van der Waals surface area contributed by atoms with E-state index in [9.17, 15) is 0 Å². The Morgan fingerprint density at radius 1 is 1.10 bits per heavy atom. The van der Waals surface area contributed by atoms with E-state index in [-0.39, 0.29) is 0 Å². The van der Waals surface area contributed by atoms with E-state index >= 15 is 0 Å². The second-order valence-corrected chi connectivity index (χ2v) is 5.27. The van der Waals surface area contributed by atoms with Crippen molar-refractivity contribution in [3.8, 4) is 16.9 Å². The Kier molecular flexibility index (Phi) is 3.37. The van der Waals surface area contributed by atoms with Crippen LogP contribution in [0.15, 0.2) is 42.6 Å². The molecule has 1 unspecified atom stereocenters. The summed E-state index contributed by atoms with van der Waals surface area (Å²) in [7, 11) is 4.22. The van der Waals surface area contributed by atoms with Gasteiger partial charge in [-0.1, -0.05) is 39.1 Å². The van der Waals surface area contributed by atoms with Gasteiger partial charge >= 0.3 is 0 Å². The summed E-state index contributed by atoms with van der Waals surface area (Å²) in [5, 5.41) is 0. The molecule has 0 saturated carbocycles. The molecule has 0 aliphatic rings. The summed E-state index contributed by atoms with van der Waals surface area (Å²) in [5.74, 6) is 0.744. The summed E-state index contributed by atoms with van der Waals surface area (Å²) in [6, 6.07) is 12.4. The summed E-state index contributed by atoms with van der Waals surface area (Å²) in [5.41, 5.74) is 5.89. The van der Waals surface area contributed by atoms with Gasteiger partial charge in [-0.2, -0.15) is 0 Å². The molecule has 0 aliphatic heterocycles. The number of methoxy groups -OCH3 is 1. The lowest BCUT2D eigenvalue weighted by Crippen LogP contribution is -2.02. The van der Waals surface area contributed by atoms with E-state index in [0.29, 0.717) is 0 Å². The molecule has 0 fully saturated rings. The van der Waals surface area contributed by atoms with Crippen molar-refractivity contribution in [1.82, 2.24) is 9.97 Å². The predicted octanol–water partition coefficient (Wildman–Crippen LogP) is 3.11. The number of nitrogens with zero attached hydrogens (tertiary/aromatic N) is 2. The zero-order chi connectivity index (χ0) is 14.1. The van der Waals surface area contributed by atoms with Gasteiger partial charge < -0.3 is 4.74 Å². The van der Waals surface area contributed by atoms with Crippen LogP contribution in [0.4, 0.5) is 0 Å². The summed E-state index contributed by atoms with van der Waals surface area (Å²) in [4.78, 5) is 9.06. The topological polar surface area (TPSA) is 35.0 Å². The number of hydrogen-bond acceptors (Lipinski definition) is 3. The molecule has 100 valence electrons. The van der Waals surface area contributed by atoms with Crippen molar-refractivity contribution < 1.29 is 4.74 Å². The molecule has 0 bridgehead atoms.